The number of nitrogens with zero attached hydrogens (tertiary/aromatic N) is 2. The normalized spacial score (nSPS) is 23.4. The quantitative estimate of drug-likeness (QED) is 0.822. The molecule has 4 heteroatoms. The topological polar surface area (TPSA) is 47.3 Å². The Balaban J connectivity index is 1.86. The van der Waals surface area contributed by atoms with Crippen LogP contribution in [0, 0.1) is 5.92 Å². The Hall–Kier alpha value is -2.23. The van der Waals surface area contributed by atoms with Crippen LogP contribution in [0.25, 0.3) is 0 Å². The SMILES string of the molecule is C=CC(C)(C)c1cc(O)c2c(c1)OC(C)(C)[C@@H]1Cc3cn(C)nc3C[C@@H]21. The Kier molecular flexibility index (Phi) is 3.56. The first-order valence-electron chi connectivity index (χ1n) is 9.34. The minimum absolute atomic E-state index is 0.219. The zero-order chi connectivity index (χ0) is 18.9. The fraction of sp³-hybridized carbons (Fsp3) is 0.500. The zero-order valence-electron chi connectivity index (χ0n) is 16.3. The summed E-state index contributed by atoms with van der Waals surface area (Å²) >= 11 is 0. The van der Waals surface area contributed by atoms with Crippen molar-refractivity contribution < 1.29 is 9.84 Å². The second-order valence-electron chi connectivity index (χ2n) is 8.93. The Morgan fingerprint density at radius 2 is 2.08 bits per heavy atom. The fourth-order valence-corrected chi connectivity index (χ4v) is 4.61. The van der Waals surface area contributed by atoms with Crippen LogP contribution in [0.1, 0.15) is 56.0 Å². The van der Waals surface area contributed by atoms with Gasteiger partial charge in [0.1, 0.15) is 17.1 Å². The van der Waals surface area contributed by atoms with Gasteiger partial charge in [-0.3, -0.25) is 4.68 Å². The van der Waals surface area contributed by atoms with Crippen LogP contribution in [-0.2, 0) is 25.3 Å². The first kappa shape index (κ1) is 17.2. The van der Waals surface area contributed by atoms with Gasteiger partial charge in [-0.2, -0.15) is 5.10 Å². The van der Waals surface area contributed by atoms with Gasteiger partial charge < -0.3 is 9.84 Å². The lowest BCUT2D eigenvalue weighted by Gasteiger charge is -2.47. The van der Waals surface area contributed by atoms with Crippen LogP contribution >= 0.6 is 0 Å². The van der Waals surface area contributed by atoms with Crippen molar-refractivity contribution in [3.8, 4) is 11.5 Å². The molecular formula is C22H28N2O2. The van der Waals surface area contributed by atoms with Gasteiger partial charge in [-0.1, -0.05) is 19.9 Å². The number of allylic oxidation sites excluding steroid dienone is 1. The maximum absolute atomic E-state index is 10.9. The van der Waals surface area contributed by atoms with E-state index in [1.54, 1.807) is 0 Å². The predicted molar refractivity (Wildman–Crippen MR) is 103 cm³/mol. The molecule has 0 spiro atoms. The molecule has 1 aromatic carbocycles. The molecule has 0 bridgehead atoms. The minimum atomic E-state index is -0.297. The molecule has 4 rings (SSSR count). The summed E-state index contributed by atoms with van der Waals surface area (Å²) in [5.74, 6) is 1.67. The number of aromatic hydroxyl groups is 1. The van der Waals surface area contributed by atoms with Gasteiger partial charge in [0.25, 0.3) is 0 Å². The van der Waals surface area contributed by atoms with Crippen molar-refractivity contribution in [3.63, 3.8) is 0 Å². The van der Waals surface area contributed by atoms with Crippen LogP contribution in [0.2, 0.25) is 0 Å². The molecule has 0 unspecified atom stereocenters. The molecular weight excluding hydrogens is 324 g/mol. The summed E-state index contributed by atoms with van der Waals surface area (Å²) < 4.78 is 8.35. The summed E-state index contributed by atoms with van der Waals surface area (Å²) in [6, 6.07) is 3.97. The Bertz CT molecular complexity index is 892. The molecule has 0 fully saturated rings. The number of hydrogen-bond donors (Lipinski definition) is 1. The van der Waals surface area contributed by atoms with E-state index in [-0.39, 0.29) is 16.9 Å². The van der Waals surface area contributed by atoms with Crippen molar-refractivity contribution in [3.05, 3.63) is 53.4 Å². The number of aryl methyl sites for hydroxylation is 1. The van der Waals surface area contributed by atoms with Gasteiger partial charge in [0.2, 0.25) is 0 Å². The number of phenolic OH excluding ortho intramolecular Hbond substituents is 1. The number of phenols is 1. The van der Waals surface area contributed by atoms with E-state index in [1.165, 1.54) is 5.56 Å². The highest BCUT2D eigenvalue weighted by atomic mass is 16.5. The third-order valence-electron chi connectivity index (χ3n) is 6.34. The first-order valence-corrected chi connectivity index (χ1v) is 9.34. The molecule has 2 heterocycles. The lowest BCUT2D eigenvalue weighted by atomic mass is 9.66. The third kappa shape index (κ3) is 2.46. The van der Waals surface area contributed by atoms with Crippen LogP contribution in [0.15, 0.2) is 31.0 Å². The largest absolute Gasteiger partial charge is 0.508 e. The van der Waals surface area contributed by atoms with Crippen molar-refractivity contribution in [2.75, 3.05) is 0 Å². The maximum atomic E-state index is 10.9. The maximum Gasteiger partial charge on any atom is 0.127 e. The van der Waals surface area contributed by atoms with Crippen LogP contribution in [0.4, 0.5) is 0 Å². The van der Waals surface area contributed by atoms with Crippen molar-refractivity contribution in [2.45, 2.75) is 57.5 Å². The zero-order valence-corrected chi connectivity index (χ0v) is 16.3. The van der Waals surface area contributed by atoms with E-state index in [0.717, 1.165) is 35.4 Å². The molecule has 0 radical (unpaired) electrons. The van der Waals surface area contributed by atoms with E-state index in [0.29, 0.717) is 11.7 Å². The Morgan fingerprint density at radius 3 is 2.77 bits per heavy atom. The van der Waals surface area contributed by atoms with Gasteiger partial charge in [-0.05, 0) is 49.9 Å². The van der Waals surface area contributed by atoms with Crippen LogP contribution in [0.3, 0.4) is 0 Å². The second kappa shape index (κ2) is 5.38. The number of fused-ring (bicyclic) bond motifs is 4. The molecule has 0 saturated heterocycles. The van der Waals surface area contributed by atoms with E-state index in [2.05, 4.69) is 51.6 Å². The number of benzene rings is 1. The lowest BCUT2D eigenvalue weighted by Crippen LogP contribution is -2.47. The summed E-state index contributed by atoms with van der Waals surface area (Å²) in [5, 5.41) is 15.6. The molecule has 138 valence electrons. The van der Waals surface area contributed by atoms with Gasteiger partial charge >= 0.3 is 0 Å². The molecule has 0 amide bonds. The number of rotatable bonds is 2. The van der Waals surface area contributed by atoms with Gasteiger partial charge in [0.15, 0.2) is 0 Å². The summed E-state index contributed by atoms with van der Waals surface area (Å²) in [5.41, 5.74) is 3.89. The monoisotopic (exact) mass is 352 g/mol. The molecule has 2 aliphatic rings. The fourth-order valence-electron chi connectivity index (χ4n) is 4.61. The van der Waals surface area contributed by atoms with Crippen molar-refractivity contribution in [1.82, 2.24) is 9.78 Å². The molecule has 1 aliphatic carbocycles. The van der Waals surface area contributed by atoms with Crippen molar-refractivity contribution in [1.29, 1.82) is 0 Å². The first-order chi connectivity index (χ1) is 12.1. The number of aromatic nitrogens is 2. The van der Waals surface area contributed by atoms with Crippen LogP contribution in [-0.4, -0.2) is 20.5 Å². The Labute approximate surface area is 155 Å². The highest BCUT2D eigenvalue weighted by Gasteiger charge is 2.48. The minimum Gasteiger partial charge on any atom is -0.508 e. The summed E-state index contributed by atoms with van der Waals surface area (Å²) in [7, 11) is 1.97. The summed E-state index contributed by atoms with van der Waals surface area (Å²) in [6.07, 6.45) is 5.80. The molecule has 1 aromatic heterocycles. The molecule has 2 atom stereocenters. The van der Waals surface area contributed by atoms with Crippen molar-refractivity contribution in [2.24, 2.45) is 13.0 Å². The molecule has 26 heavy (non-hydrogen) atoms. The smallest absolute Gasteiger partial charge is 0.127 e. The van der Waals surface area contributed by atoms with Gasteiger partial charge in [0.05, 0.1) is 5.69 Å². The number of hydrogen-bond acceptors (Lipinski definition) is 3. The standard InChI is InChI=1S/C22H28N2O2/c1-7-21(2,3)14-9-18(25)20-15-11-17-13(12-24(6)23-17)8-16(15)22(4,5)26-19(20)10-14/h7,9-10,12,15-16,25H,1,8,11H2,2-6H3/t15-,16-/m1/s1. The predicted octanol–water partition coefficient (Wildman–Crippen LogP) is 4.26. The van der Waals surface area contributed by atoms with Gasteiger partial charge in [-0.25, -0.2) is 0 Å². The highest BCUT2D eigenvalue weighted by molar-refractivity contribution is 5.55. The third-order valence-corrected chi connectivity index (χ3v) is 6.34. The average molecular weight is 352 g/mol. The molecule has 2 aromatic rings. The Morgan fingerprint density at radius 1 is 1.35 bits per heavy atom. The summed E-state index contributed by atoms with van der Waals surface area (Å²) in [4.78, 5) is 0. The molecule has 0 saturated carbocycles. The molecule has 1 N–H and O–H groups in total. The van der Waals surface area contributed by atoms with E-state index in [9.17, 15) is 5.11 Å². The van der Waals surface area contributed by atoms with E-state index in [1.807, 2.05) is 23.9 Å². The second-order valence-corrected chi connectivity index (χ2v) is 8.93. The lowest BCUT2D eigenvalue weighted by molar-refractivity contribution is 0.00542. The van der Waals surface area contributed by atoms with Gasteiger partial charge in [-0.15, -0.1) is 6.58 Å². The van der Waals surface area contributed by atoms with Gasteiger partial charge in [0, 0.05) is 36.1 Å². The molecule has 4 nitrogen and oxygen atoms in total. The van der Waals surface area contributed by atoms with Crippen LogP contribution < -0.4 is 4.74 Å². The number of ether oxygens (including phenoxy) is 1. The molecule has 1 aliphatic heterocycles. The van der Waals surface area contributed by atoms with Crippen molar-refractivity contribution >= 4 is 0 Å². The van der Waals surface area contributed by atoms with E-state index < -0.39 is 0 Å². The highest BCUT2D eigenvalue weighted by Crippen LogP contribution is 2.53. The van der Waals surface area contributed by atoms with Crippen LogP contribution in [0.5, 0.6) is 11.5 Å². The summed E-state index contributed by atoms with van der Waals surface area (Å²) in [6.45, 7) is 12.5. The van der Waals surface area contributed by atoms with E-state index >= 15 is 0 Å². The van der Waals surface area contributed by atoms with E-state index in [4.69, 9.17) is 4.74 Å². The average Bonchev–Trinajstić information content (AvgIpc) is 2.91.